The van der Waals surface area contributed by atoms with Crippen molar-refractivity contribution in [3.63, 3.8) is 0 Å². The Kier molecular flexibility index (Phi) is 7.33. The molecule has 2 aliphatic heterocycles. The number of fused-ring (bicyclic) bond motifs is 1. The zero-order chi connectivity index (χ0) is 17.1. The number of nitrogens with zero attached hydrogens (tertiary/aromatic N) is 2. The first-order chi connectivity index (χ1) is 11.7. The SMILES string of the molecule is CCCC(CCC)C(=O)N1C[C@@H]2CN(C)[C@@H](c3ccccc3)[C@@H]2C1.Cl. The van der Waals surface area contributed by atoms with Crippen molar-refractivity contribution in [1.29, 1.82) is 0 Å². The fourth-order valence-corrected chi connectivity index (χ4v) is 4.94. The summed E-state index contributed by atoms with van der Waals surface area (Å²) in [5.74, 6) is 1.88. The van der Waals surface area contributed by atoms with Gasteiger partial charge in [0.2, 0.25) is 5.91 Å². The van der Waals surface area contributed by atoms with Crippen LogP contribution in [0.15, 0.2) is 30.3 Å². The summed E-state index contributed by atoms with van der Waals surface area (Å²) in [6.07, 6.45) is 4.29. The van der Waals surface area contributed by atoms with Gasteiger partial charge in [0.15, 0.2) is 0 Å². The van der Waals surface area contributed by atoms with Crippen LogP contribution in [0.25, 0.3) is 0 Å². The van der Waals surface area contributed by atoms with Crippen molar-refractivity contribution >= 4 is 18.3 Å². The number of benzene rings is 1. The highest BCUT2D eigenvalue weighted by atomic mass is 35.5. The van der Waals surface area contributed by atoms with Crippen LogP contribution in [0.5, 0.6) is 0 Å². The first kappa shape index (κ1) is 20.3. The van der Waals surface area contributed by atoms with E-state index >= 15 is 0 Å². The smallest absolute Gasteiger partial charge is 0.225 e. The van der Waals surface area contributed by atoms with Crippen molar-refractivity contribution < 1.29 is 4.79 Å². The molecule has 0 saturated carbocycles. The molecule has 2 saturated heterocycles. The minimum atomic E-state index is 0. The highest BCUT2D eigenvalue weighted by Gasteiger charge is 2.47. The van der Waals surface area contributed by atoms with E-state index in [2.05, 4.69) is 61.0 Å². The van der Waals surface area contributed by atoms with E-state index in [0.29, 0.717) is 23.8 Å². The number of hydrogen-bond donors (Lipinski definition) is 0. The molecule has 1 amide bonds. The van der Waals surface area contributed by atoms with Gasteiger partial charge in [0.25, 0.3) is 0 Å². The van der Waals surface area contributed by atoms with Gasteiger partial charge in [0.05, 0.1) is 0 Å². The molecule has 3 rings (SSSR count). The molecule has 4 heteroatoms. The van der Waals surface area contributed by atoms with Crippen molar-refractivity contribution in [1.82, 2.24) is 9.80 Å². The number of carbonyl (C=O) groups excluding carboxylic acids is 1. The third-order valence-corrected chi connectivity index (χ3v) is 5.97. The minimum Gasteiger partial charge on any atom is -0.342 e. The molecule has 0 aliphatic carbocycles. The molecule has 1 aromatic carbocycles. The van der Waals surface area contributed by atoms with Gasteiger partial charge >= 0.3 is 0 Å². The maximum atomic E-state index is 13.0. The summed E-state index contributed by atoms with van der Waals surface area (Å²) in [5.41, 5.74) is 1.40. The Morgan fingerprint density at radius 1 is 1.08 bits per heavy atom. The van der Waals surface area contributed by atoms with Crippen LogP contribution in [0, 0.1) is 17.8 Å². The summed E-state index contributed by atoms with van der Waals surface area (Å²) in [4.78, 5) is 17.7. The van der Waals surface area contributed by atoms with Crippen LogP contribution < -0.4 is 0 Å². The second-order valence-electron chi connectivity index (χ2n) is 7.74. The van der Waals surface area contributed by atoms with Gasteiger partial charge in [-0.1, -0.05) is 57.0 Å². The van der Waals surface area contributed by atoms with Crippen molar-refractivity contribution in [2.24, 2.45) is 17.8 Å². The lowest BCUT2D eigenvalue weighted by Crippen LogP contribution is -2.37. The van der Waals surface area contributed by atoms with Gasteiger partial charge in [-0.15, -0.1) is 12.4 Å². The average Bonchev–Trinajstić information content (AvgIpc) is 3.11. The average molecular weight is 365 g/mol. The van der Waals surface area contributed by atoms with Gasteiger partial charge in [0.1, 0.15) is 0 Å². The van der Waals surface area contributed by atoms with Gasteiger partial charge in [-0.2, -0.15) is 0 Å². The summed E-state index contributed by atoms with van der Waals surface area (Å²) in [7, 11) is 2.24. The summed E-state index contributed by atoms with van der Waals surface area (Å²) in [6.45, 7) is 7.39. The van der Waals surface area contributed by atoms with Gasteiger partial charge < -0.3 is 4.90 Å². The Morgan fingerprint density at radius 3 is 2.32 bits per heavy atom. The first-order valence-electron chi connectivity index (χ1n) is 9.69. The van der Waals surface area contributed by atoms with E-state index in [1.165, 1.54) is 5.56 Å². The topological polar surface area (TPSA) is 23.6 Å². The molecule has 3 nitrogen and oxygen atoms in total. The molecule has 2 heterocycles. The quantitative estimate of drug-likeness (QED) is 0.747. The second-order valence-corrected chi connectivity index (χ2v) is 7.74. The molecule has 3 atom stereocenters. The lowest BCUT2D eigenvalue weighted by atomic mass is 9.90. The Morgan fingerprint density at radius 2 is 1.72 bits per heavy atom. The first-order valence-corrected chi connectivity index (χ1v) is 9.69. The molecule has 0 radical (unpaired) electrons. The number of halogens is 1. The standard InChI is InChI=1S/C21H32N2O.ClH/c1-4-9-17(10-5-2)21(24)23-14-18-13-22(3)20(19(18)15-23)16-11-7-6-8-12-16;/h6-8,11-12,17-20H,4-5,9-10,13-15H2,1-3H3;1H/t18-,19+,20-;/m0./s1. The molecular formula is C21H33ClN2O. The predicted octanol–water partition coefficient (Wildman–Crippen LogP) is 4.39. The highest BCUT2D eigenvalue weighted by Crippen LogP contribution is 2.44. The van der Waals surface area contributed by atoms with E-state index < -0.39 is 0 Å². The van der Waals surface area contributed by atoms with E-state index in [9.17, 15) is 4.79 Å². The van der Waals surface area contributed by atoms with Crippen LogP contribution in [-0.2, 0) is 4.79 Å². The van der Waals surface area contributed by atoms with Crippen molar-refractivity contribution in [2.45, 2.75) is 45.6 Å². The fraction of sp³-hybridized carbons (Fsp3) is 0.667. The van der Waals surface area contributed by atoms with Gasteiger partial charge in [-0.3, -0.25) is 9.69 Å². The van der Waals surface area contributed by atoms with E-state index in [1.54, 1.807) is 0 Å². The highest BCUT2D eigenvalue weighted by molar-refractivity contribution is 5.85. The summed E-state index contributed by atoms with van der Waals surface area (Å²) >= 11 is 0. The molecule has 1 aromatic rings. The van der Waals surface area contributed by atoms with E-state index in [4.69, 9.17) is 0 Å². The Bertz CT molecular complexity index is 544. The Labute approximate surface area is 159 Å². The Balaban J connectivity index is 0.00000225. The van der Waals surface area contributed by atoms with Crippen LogP contribution in [0.3, 0.4) is 0 Å². The molecule has 0 unspecified atom stereocenters. The van der Waals surface area contributed by atoms with Gasteiger partial charge in [-0.05, 0) is 31.4 Å². The van der Waals surface area contributed by atoms with E-state index in [-0.39, 0.29) is 18.3 Å². The van der Waals surface area contributed by atoms with Crippen LogP contribution in [0.1, 0.15) is 51.1 Å². The maximum Gasteiger partial charge on any atom is 0.225 e. The van der Waals surface area contributed by atoms with E-state index in [1.807, 2.05) is 0 Å². The molecule has 0 N–H and O–H groups in total. The second kappa shape index (κ2) is 9.05. The Hall–Kier alpha value is -1.06. The van der Waals surface area contributed by atoms with Crippen LogP contribution in [0.2, 0.25) is 0 Å². The molecule has 2 aliphatic rings. The lowest BCUT2D eigenvalue weighted by Gasteiger charge is -2.28. The van der Waals surface area contributed by atoms with Gasteiger partial charge in [-0.25, -0.2) is 0 Å². The number of rotatable bonds is 6. The van der Waals surface area contributed by atoms with Crippen molar-refractivity contribution in [2.75, 3.05) is 26.7 Å². The van der Waals surface area contributed by atoms with Crippen molar-refractivity contribution in [3.05, 3.63) is 35.9 Å². The summed E-state index contributed by atoms with van der Waals surface area (Å²) in [5, 5.41) is 0. The molecule has 140 valence electrons. The zero-order valence-corrected chi connectivity index (χ0v) is 16.7. The van der Waals surface area contributed by atoms with E-state index in [0.717, 1.165) is 45.3 Å². The molecule has 25 heavy (non-hydrogen) atoms. The predicted molar refractivity (Wildman–Crippen MR) is 106 cm³/mol. The number of amides is 1. The largest absolute Gasteiger partial charge is 0.342 e. The zero-order valence-electron chi connectivity index (χ0n) is 15.9. The molecular weight excluding hydrogens is 332 g/mol. The molecule has 0 spiro atoms. The third kappa shape index (κ3) is 4.20. The molecule has 2 fully saturated rings. The number of likely N-dealkylation sites (tertiary alicyclic amines) is 2. The summed E-state index contributed by atoms with van der Waals surface area (Å²) in [6, 6.07) is 11.3. The van der Waals surface area contributed by atoms with Crippen LogP contribution >= 0.6 is 12.4 Å². The maximum absolute atomic E-state index is 13.0. The third-order valence-electron chi connectivity index (χ3n) is 5.97. The van der Waals surface area contributed by atoms with Crippen LogP contribution in [-0.4, -0.2) is 42.4 Å². The normalized spacial score (nSPS) is 25.9. The summed E-state index contributed by atoms with van der Waals surface area (Å²) < 4.78 is 0. The number of carbonyl (C=O) groups is 1. The van der Waals surface area contributed by atoms with Gasteiger partial charge in [0, 0.05) is 37.5 Å². The molecule has 0 bridgehead atoms. The lowest BCUT2D eigenvalue weighted by molar-refractivity contribution is -0.135. The van der Waals surface area contributed by atoms with Crippen LogP contribution in [0.4, 0.5) is 0 Å². The minimum absolute atomic E-state index is 0. The molecule has 0 aromatic heterocycles. The fourth-order valence-electron chi connectivity index (χ4n) is 4.94. The van der Waals surface area contributed by atoms with Crippen molar-refractivity contribution in [3.8, 4) is 0 Å². The number of hydrogen-bond acceptors (Lipinski definition) is 2. The monoisotopic (exact) mass is 364 g/mol.